The summed E-state index contributed by atoms with van der Waals surface area (Å²) < 4.78 is 5.01. The van der Waals surface area contributed by atoms with Gasteiger partial charge in [0.25, 0.3) is 0 Å². The van der Waals surface area contributed by atoms with Gasteiger partial charge in [0.1, 0.15) is 11.8 Å². The van der Waals surface area contributed by atoms with Crippen LogP contribution in [0.5, 0.6) is 5.75 Å². The van der Waals surface area contributed by atoms with E-state index in [-0.39, 0.29) is 33.6 Å². The molecule has 5 heteroatoms. The molecule has 0 atom stereocenters. The number of ketones is 1. The Morgan fingerprint density at radius 3 is 2.75 bits per heavy atom. The summed E-state index contributed by atoms with van der Waals surface area (Å²) >= 11 is 3.02. The van der Waals surface area contributed by atoms with Gasteiger partial charge in [0, 0.05) is 5.56 Å². The fraction of sp³-hybridized carbons (Fsp3) is 0.182. The lowest BCUT2D eigenvalue weighted by Crippen LogP contribution is -2.08. The summed E-state index contributed by atoms with van der Waals surface area (Å²) in [6.45, 7) is 0. The van der Waals surface area contributed by atoms with E-state index in [1.165, 1.54) is 19.2 Å². The normalized spacial score (nSPS) is 9.31. The van der Waals surface area contributed by atoms with Crippen molar-refractivity contribution >= 4 is 28.0 Å². The van der Waals surface area contributed by atoms with Gasteiger partial charge in [0.15, 0.2) is 12.1 Å². The van der Waals surface area contributed by atoms with Crippen molar-refractivity contribution in [1.82, 2.24) is 0 Å². The Hall–Kier alpha value is -1.67. The van der Waals surface area contributed by atoms with Gasteiger partial charge in [-0.3, -0.25) is 9.59 Å². The quantitative estimate of drug-likeness (QED) is 0.481. The highest BCUT2D eigenvalue weighted by Gasteiger charge is 2.19. The molecule has 0 saturated heterocycles. The van der Waals surface area contributed by atoms with E-state index in [2.05, 4.69) is 15.9 Å². The highest BCUT2D eigenvalue weighted by Crippen LogP contribution is 2.27. The number of hydrogen-bond donors (Lipinski definition) is 0. The number of halogens is 1. The van der Waals surface area contributed by atoms with E-state index in [1.54, 1.807) is 0 Å². The second-order valence-corrected chi connectivity index (χ2v) is 3.46. The summed E-state index contributed by atoms with van der Waals surface area (Å²) in [6, 6.07) is 4.80. The molecule has 1 aromatic carbocycles. The van der Waals surface area contributed by atoms with E-state index in [9.17, 15) is 9.59 Å². The molecule has 4 nitrogen and oxygen atoms in total. The fourth-order valence-electron chi connectivity index (χ4n) is 1.35. The third-order valence-electron chi connectivity index (χ3n) is 2.04. The van der Waals surface area contributed by atoms with Crippen LogP contribution in [0.25, 0.3) is 0 Å². The number of rotatable bonds is 4. The molecule has 0 aromatic heterocycles. The highest BCUT2D eigenvalue weighted by atomic mass is 79.9. The first-order valence-electron chi connectivity index (χ1n) is 4.35. The molecular weight excluding hydrogens is 274 g/mol. The average Bonchev–Trinajstić information content (AvgIpc) is 2.35. The van der Waals surface area contributed by atoms with E-state index in [0.29, 0.717) is 6.29 Å². The number of nitrogens with zero attached hydrogens (tertiary/aromatic N) is 1. The summed E-state index contributed by atoms with van der Waals surface area (Å²) in [4.78, 5) is 22.5. The molecule has 0 aliphatic rings. The Bertz CT molecular complexity index is 477. The molecule has 16 heavy (non-hydrogen) atoms. The summed E-state index contributed by atoms with van der Waals surface area (Å²) in [7, 11) is 1.36. The van der Waals surface area contributed by atoms with Crippen LogP contribution in [0, 0.1) is 11.3 Å². The summed E-state index contributed by atoms with van der Waals surface area (Å²) in [5.74, 6) is -0.146. The van der Waals surface area contributed by atoms with Gasteiger partial charge in [-0.25, -0.2) is 0 Å². The first kappa shape index (κ1) is 12.4. The lowest BCUT2D eigenvalue weighted by Gasteiger charge is -2.10. The van der Waals surface area contributed by atoms with E-state index in [0.717, 1.165) is 0 Å². The van der Waals surface area contributed by atoms with Crippen molar-refractivity contribution in [3.8, 4) is 11.8 Å². The molecule has 0 aliphatic carbocycles. The fourth-order valence-corrected chi connectivity index (χ4v) is 1.63. The van der Waals surface area contributed by atoms with Crippen LogP contribution >= 0.6 is 15.9 Å². The molecular formula is C11H8BrNO3. The van der Waals surface area contributed by atoms with Crippen molar-refractivity contribution in [2.45, 2.75) is 0 Å². The largest absolute Gasteiger partial charge is 0.495 e. The van der Waals surface area contributed by atoms with Crippen molar-refractivity contribution in [3.05, 3.63) is 28.8 Å². The summed E-state index contributed by atoms with van der Waals surface area (Å²) in [5.41, 5.74) is 0.603. The third kappa shape index (κ3) is 2.12. The lowest BCUT2D eigenvalue weighted by molar-refractivity contribution is 0.101. The molecule has 0 unspecified atom stereocenters. The van der Waals surface area contributed by atoms with Gasteiger partial charge in [-0.05, 0) is 12.1 Å². The van der Waals surface area contributed by atoms with Gasteiger partial charge < -0.3 is 4.74 Å². The second-order valence-electron chi connectivity index (χ2n) is 2.90. The lowest BCUT2D eigenvalue weighted by atomic mass is 10.0. The topological polar surface area (TPSA) is 67.2 Å². The smallest absolute Gasteiger partial charge is 0.177 e. The van der Waals surface area contributed by atoms with Crippen LogP contribution in [0.1, 0.15) is 26.3 Å². The number of methoxy groups -OCH3 is 1. The molecule has 0 amide bonds. The maximum atomic E-state index is 11.6. The molecule has 0 spiro atoms. The van der Waals surface area contributed by atoms with Crippen LogP contribution in [0.4, 0.5) is 0 Å². The van der Waals surface area contributed by atoms with Crippen LogP contribution in [0.3, 0.4) is 0 Å². The number of carbonyl (C=O) groups excluding carboxylic acids is 2. The van der Waals surface area contributed by atoms with Crippen molar-refractivity contribution < 1.29 is 14.3 Å². The minimum Gasteiger partial charge on any atom is -0.495 e. The number of benzene rings is 1. The Balaban J connectivity index is 3.56. The molecule has 82 valence electrons. The zero-order chi connectivity index (χ0) is 12.1. The van der Waals surface area contributed by atoms with Crippen LogP contribution in [0.15, 0.2) is 12.1 Å². The number of Topliss-reactive ketones (excluding diaryl/α,β-unsaturated/α-hetero) is 1. The van der Waals surface area contributed by atoms with E-state index < -0.39 is 0 Å². The molecule has 0 bridgehead atoms. The Kier molecular flexibility index (Phi) is 4.20. The van der Waals surface area contributed by atoms with Crippen molar-refractivity contribution in [2.75, 3.05) is 12.4 Å². The Morgan fingerprint density at radius 1 is 1.62 bits per heavy atom. The number of ether oxygens (including phenoxy) is 1. The zero-order valence-corrected chi connectivity index (χ0v) is 10.1. The molecule has 0 heterocycles. The van der Waals surface area contributed by atoms with Crippen LogP contribution in [0.2, 0.25) is 0 Å². The highest BCUT2D eigenvalue weighted by molar-refractivity contribution is 9.09. The maximum Gasteiger partial charge on any atom is 0.177 e. The van der Waals surface area contributed by atoms with E-state index in [4.69, 9.17) is 10.00 Å². The first-order valence-corrected chi connectivity index (χ1v) is 5.47. The summed E-state index contributed by atoms with van der Waals surface area (Å²) in [6.07, 6.45) is 0.569. The molecule has 0 aliphatic heterocycles. The minimum absolute atomic E-state index is 0.0685. The van der Waals surface area contributed by atoms with Gasteiger partial charge in [-0.1, -0.05) is 15.9 Å². The predicted octanol–water partition coefficient (Wildman–Crippen LogP) is 1.96. The van der Waals surface area contributed by atoms with Crippen molar-refractivity contribution in [1.29, 1.82) is 5.26 Å². The number of alkyl halides is 1. The van der Waals surface area contributed by atoms with Crippen LogP contribution < -0.4 is 4.74 Å². The van der Waals surface area contributed by atoms with Gasteiger partial charge in [-0.2, -0.15) is 5.26 Å². The van der Waals surface area contributed by atoms with Crippen LogP contribution in [-0.4, -0.2) is 24.5 Å². The summed E-state index contributed by atoms with van der Waals surface area (Å²) in [5, 5.41) is 8.92. The zero-order valence-electron chi connectivity index (χ0n) is 8.49. The van der Waals surface area contributed by atoms with E-state index in [1.807, 2.05) is 6.07 Å². The maximum absolute atomic E-state index is 11.6. The van der Waals surface area contributed by atoms with Gasteiger partial charge >= 0.3 is 0 Å². The molecule has 0 radical (unpaired) electrons. The Labute approximate surface area is 101 Å². The molecule has 0 N–H and O–H groups in total. The van der Waals surface area contributed by atoms with Crippen molar-refractivity contribution in [2.24, 2.45) is 0 Å². The van der Waals surface area contributed by atoms with E-state index >= 15 is 0 Å². The Morgan fingerprint density at radius 2 is 2.31 bits per heavy atom. The SMILES string of the molecule is COc1c(C#N)ccc(C=O)c1C(=O)CBr. The third-order valence-corrected chi connectivity index (χ3v) is 2.55. The number of hydrogen-bond acceptors (Lipinski definition) is 4. The minimum atomic E-state index is -0.295. The van der Waals surface area contributed by atoms with Gasteiger partial charge in [0.2, 0.25) is 0 Å². The van der Waals surface area contributed by atoms with Gasteiger partial charge in [-0.15, -0.1) is 0 Å². The first-order chi connectivity index (χ1) is 7.69. The standard InChI is InChI=1S/C11H8BrNO3/c1-16-11-7(5-13)2-3-8(6-14)10(11)9(15)4-12/h2-3,6H,4H2,1H3. The second kappa shape index (κ2) is 5.42. The van der Waals surface area contributed by atoms with Gasteiger partial charge in [0.05, 0.1) is 23.6 Å². The average molecular weight is 282 g/mol. The van der Waals surface area contributed by atoms with Crippen LogP contribution in [-0.2, 0) is 0 Å². The molecule has 0 saturated carbocycles. The monoisotopic (exact) mass is 281 g/mol. The van der Waals surface area contributed by atoms with Crippen molar-refractivity contribution in [3.63, 3.8) is 0 Å². The predicted molar refractivity (Wildman–Crippen MR) is 61.2 cm³/mol. The number of nitriles is 1. The molecule has 1 rings (SSSR count). The number of carbonyl (C=O) groups is 2. The molecule has 0 fully saturated rings. The molecule has 1 aromatic rings. The number of aldehydes is 1.